The van der Waals surface area contributed by atoms with E-state index >= 15 is 0 Å². The summed E-state index contributed by atoms with van der Waals surface area (Å²) in [4.78, 5) is 0. The van der Waals surface area contributed by atoms with Gasteiger partial charge in [0.1, 0.15) is 0 Å². The van der Waals surface area contributed by atoms with Crippen molar-refractivity contribution in [3.63, 3.8) is 0 Å². The summed E-state index contributed by atoms with van der Waals surface area (Å²) in [7, 11) is 0. The van der Waals surface area contributed by atoms with Gasteiger partial charge in [-0.3, -0.25) is 0 Å². The molecule has 0 bridgehead atoms. The standard InChI is InChI=1S/C34H22/c1-3-7-24-20(6-1)16-31-26(24)12-11-22-17-29-27(32(22)31)13-14-28-30(29)18-23-10-9-21-15-19-5-2-4-8-25(19)33(21)34(23)28/h1-14H,15-18H2. The van der Waals surface area contributed by atoms with E-state index in [1.807, 2.05) is 0 Å². The number of hydrogen-bond acceptors (Lipinski definition) is 0. The first-order chi connectivity index (χ1) is 16.8. The Morgan fingerprint density at radius 2 is 0.794 bits per heavy atom. The molecule has 158 valence electrons. The molecule has 9 rings (SSSR count). The van der Waals surface area contributed by atoms with Crippen molar-refractivity contribution in [1.29, 1.82) is 0 Å². The smallest absolute Gasteiger partial charge is 0.000718 e. The Bertz CT molecular complexity index is 1750. The van der Waals surface area contributed by atoms with Crippen molar-refractivity contribution >= 4 is 0 Å². The van der Waals surface area contributed by atoms with Crippen LogP contribution in [-0.4, -0.2) is 0 Å². The van der Waals surface area contributed by atoms with Gasteiger partial charge in [-0.25, -0.2) is 0 Å². The largest absolute Gasteiger partial charge is 0.0619 e. The summed E-state index contributed by atoms with van der Waals surface area (Å²) in [5.74, 6) is 0. The highest BCUT2D eigenvalue weighted by Gasteiger charge is 2.34. The molecule has 5 aromatic rings. The third kappa shape index (κ3) is 2.02. The Labute approximate surface area is 199 Å². The van der Waals surface area contributed by atoms with E-state index in [1.165, 1.54) is 72.3 Å². The molecule has 0 saturated heterocycles. The highest BCUT2D eigenvalue weighted by atomic mass is 14.4. The molecule has 0 aromatic heterocycles. The minimum Gasteiger partial charge on any atom is -0.0619 e. The van der Waals surface area contributed by atoms with Gasteiger partial charge in [0, 0.05) is 0 Å². The maximum Gasteiger partial charge on any atom is -0.000718 e. The van der Waals surface area contributed by atoms with Crippen LogP contribution in [0.4, 0.5) is 0 Å². The van der Waals surface area contributed by atoms with Crippen LogP contribution in [0.15, 0.2) is 84.9 Å². The van der Waals surface area contributed by atoms with Crippen LogP contribution in [0.2, 0.25) is 0 Å². The van der Waals surface area contributed by atoms with Gasteiger partial charge >= 0.3 is 0 Å². The average Bonchev–Trinajstić information content (AvgIpc) is 3.61. The number of fused-ring (bicyclic) bond motifs is 15. The molecule has 0 aliphatic heterocycles. The van der Waals surface area contributed by atoms with Crippen LogP contribution in [0, 0.1) is 0 Å². The zero-order valence-electron chi connectivity index (χ0n) is 18.9. The molecule has 0 fully saturated rings. The first-order valence-electron chi connectivity index (χ1n) is 12.5. The lowest BCUT2D eigenvalue weighted by Gasteiger charge is -2.12. The molecule has 34 heavy (non-hydrogen) atoms. The van der Waals surface area contributed by atoms with Crippen LogP contribution in [0.3, 0.4) is 0 Å². The summed E-state index contributed by atoms with van der Waals surface area (Å²) in [6, 6.07) is 32.4. The van der Waals surface area contributed by atoms with Crippen molar-refractivity contribution in [2.24, 2.45) is 0 Å². The maximum atomic E-state index is 2.44. The van der Waals surface area contributed by atoms with Gasteiger partial charge in [0.25, 0.3) is 0 Å². The minimum atomic E-state index is 1.07. The molecule has 0 spiro atoms. The molecule has 4 aliphatic carbocycles. The second-order valence-corrected chi connectivity index (χ2v) is 10.4. The molecule has 0 saturated carbocycles. The molecule has 0 radical (unpaired) electrons. The molecule has 0 atom stereocenters. The van der Waals surface area contributed by atoms with Crippen LogP contribution in [-0.2, 0) is 25.7 Å². The zero-order chi connectivity index (χ0) is 22.0. The van der Waals surface area contributed by atoms with Crippen molar-refractivity contribution in [3.8, 4) is 44.5 Å². The molecular weight excluding hydrogens is 408 g/mol. The summed E-state index contributed by atoms with van der Waals surface area (Å²) < 4.78 is 0. The summed E-state index contributed by atoms with van der Waals surface area (Å²) in [5.41, 5.74) is 24.0. The molecule has 5 aromatic carbocycles. The second kappa shape index (κ2) is 5.96. The maximum absolute atomic E-state index is 2.44. The van der Waals surface area contributed by atoms with Crippen molar-refractivity contribution in [3.05, 3.63) is 129 Å². The molecule has 4 aliphatic rings. The van der Waals surface area contributed by atoms with Gasteiger partial charge < -0.3 is 0 Å². The fourth-order valence-corrected chi connectivity index (χ4v) is 7.41. The summed E-state index contributed by atoms with van der Waals surface area (Å²) in [5, 5.41) is 0. The van der Waals surface area contributed by atoms with Gasteiger partial charge in [0.05, 0.1) is 0 Å². The van der Waals surface area contributed by atoms with E-state index in [9.17, 15) is 0 Å². The SMILES string of the molecule is c1ccc2c(c1)Cc1c-2ccc2c1-c1ccc3c(c1C2)Cc1ccc2c(c1-3)-c1ccccc1C2. The van der Waals surface area contributed by atoms with Gasteiger partial charge in [0.2, 0.25) is 0 Å². The van der Waals surface area contributed by atoms with Gasteiger partial charge in [-0.2, -0.15) is 0 Å². The lowest BCUT2D eigenvalue weighted by molar-refractivity contribution is 1.16. The van der Waals surface area contributed by atoms with Crippen molar-refractivity contribution in [1.82, 2.24) is 0 Å². The highest BCUT2D eigenvalue weighted by Crippen LogP contribution is 2.54. The van der Waals surface area contributed by atoms with Crippen molar-refractivity contribution in [2.45, 2.75) is 25.7 Å². The molecule has 0 heterocycles. The Morgan fingerprint density at radius 1 is 0.294 bits per heavy atom. The average molecular weight is 431 g/mol. The van der Waals surface area contributed by atoms with E-state index in [0.717, 1.165) is 25.7 Å². The quantitative estimate of drug-likeness (QED) is 0.229. The van der Waals surface area contributed by atoms with Crippen molar-refractivity contribution in [2.75, 3.05) is 0 Å². The van der Waals surface area contributed by atoms with Crippen LogP contribution in [0.1, 0.15) is 44.5 Å². The summed E-state index contributed by atoms with van der Waals surface area (Å²) >= 11 is 0. The van der Waals surface area contributed by atoms with Gasteiger partial charge in [-0.1, -0.05) is 84.9 Å². The van der Waals surface area contributed by atoms with Crippen LogP contribution < -0.4 is 0 Å². The van der Waals surface area contributed by atoms with E-state index in [1.54, 1.807) is 16.7 Å². The van der Waals surface area contributed by atoms with Crippen LogP contribution in [0.5, 0.6) is 0 Å². The third-order valence-corrected chi connectivity index (χ3v) is 8.82. The lowest BCUT2D eigenvalue weighted by Crippen LogP contribution is -1.91. The number of hydrogen-bond donors (Lipinski definition) is 0. The van der Waals surface area contributed by atoms with E-state index in [0.29, 0.717) is 0 Å². The monoisotopic (exact) mass is 430 g/mol. The van der Waals surface area contributed by atoms with Gasteiger partial charge in [0.15, 0.2) is 0 Å². The summed E-state index contributed by atoms with van der Waals surface area (Å²) in [6.45, 7) is 0. The predicted octanol–water partition coefficient (Wildman–Crippen LogP) is 7.97. The number of benzene rings is 5. The topological polar surface area (TPSA) is 0 Å². The predicted molar refractivity (Wildman–Crippen MR) is 139 cm³/mol. The molecule has 0 heteroatoms. The second-order valence-electron chi connectivity index (χ2n) is 10.4. The molecule has 0 N–H and O–H groups in total. The minimum absolute atomic E-state index is 1.07. The van der Waals surface area contributed by atoms with E-state index in [-0.39, 0.29) is 0 Å². The Kier molecular flexibility index (Phi) is 3.08. The van der Waals surface area contributed by atoms with Crippen LogP contribution in [0.25, 0.3) is 44.5 Å². The normalized spacial score (nSPS) is 14.6. The molecule has 0 nitrogen and oxygen atoms in total. The molecule has 0 amide bonds. The van der Waals surface area contributed by atoms with Crippen molar-refractivity contribution < 1.29 is 0 Å². The Balaban J connectivity index is 1.26. The third-order valence-electron chi connectivity index (χ3n) is 8.82. The highest BCUT2D eigenvalue weighted by molar-refractivity contribution is 5.98. The first-order valence-corrected chi connectivity index (χ1v) is 12.5. The van der Waals surface area contributed by atoms with Crippen LogP contribution >= 0.6 is 0 Å². The van der Waals surface area contributed by atoms with Gasteiger partial charge in [-0.05, 0) is 115 Å². The molecule has 0 unspecified atom stereocenters. The Hall–Kier alpha value is -3.90. The first kappa shape index (κ1) is 17.6. The molecular formula is C34H22. The zero-order valence-corrected chi connectivity index (χ0v) is 18.9. The lowest BCUT2D eigenvalue weighted by atomic mass is 9.91. The van der Waals surface area contributed by atoms with E-state index in [4.69, 9.17) is 0 Å². The number of rotatable bonds is 0. The fraction of sp³-hybridized carbons (Fsp3) is 0.118. The van der Waals surface area contributed by atoms with E-state index in [2.05, 4.69) is 84.9 Å². The summed E-state index contributed by atoms with van der Waals surface area (Å²) in [6.07, 6.45) is 4.27. The Morgan fingerprint density at radius 3 is 1.59 bits per heavy atom. The van der Waals surface area contributed by atoms with E-state index < -0.39 is 0 Å². The fourth-order valence-electron chi connectivity index (χ4n) is 7.41. The van der Waals surface area contributed by atoms with Gasteiger partial charge in [-0.15, -0.1) is 0 Å².